The van der Waals surface area contributed by atoms with Crippen molar-refractivity contribution in [3.8, 4) is 0 Å². The molecule has 0 aromatic carbocycles. The molecule has 3 atom stereocenters. The average Bonchev–Trinajstić information content (AvgIpc) is 2.64. The predicted molar refractivity (Wildman–Crippen MR) is 81.9 cm³/mol. The van der Waals surface area contributed by atoms with E-state index in [-0.39, 0.29) is 5.56 Å². The zero-order valence-corrected chi connectivity index (χ0v) is 12.5. The van der Waals surface area contributed by atoms with E-state index in [2.05, 4.69) is 17.2 Å². The monoisotopic (exact) mass is 274 g/mol. The van der Waals surface area contributed by atoms with Gasteiger partial charge in [0.1, 0.15) is 0 Å². The summed E-state index contributed by atoms with van der Waals surface area (Å²) in [5.41, 5.74) is 2.52. The van der Waals surface area contributed by atoms with Gasteiger partial charge in [0.25, 0.3) is 0 Å². The summed E-state index contributed by atoms with van der Waals surface area (Å²) in [5.74, 6) is 0.886. The number of fused-ring (bicyclic) bond motifs is 1. The highest BCUT2D eigenvalue weighted by Crippen LogP contribution is 2.30. The second-order valence-electron chi connectivity index (χ2n) is 6.68. The lowest BCUT2D eigenvalue weighted by Gasteiger charge is -2.30. The Bertz CT molecular complexity index is 508. The molecule has 0 saturated heterocycles. The Hall–Kier alpha value is -1.09. The van der Waals surface area contributed by atoms with Crippen LogP contribution in [0.25, 0.3) is 0 Å². The van der Waals surface area contributed by atoms with E-state index in [4.69, 9.17) is 0 Å². The molecule has 3 nitrogen and oxygen atoms in total. The summed E-state index contributed by atoms with van der Waals surface area (Å²) in [6.45, 7) is 2.38. The van der Waals surface area contributed by atoms with Crippen molar-refractivity contribution in [3.05, 3.63) is 33.7 Å². The van der Waals surface area contributed by atoms with Gasteiger partial charge in [0, 0.05) is 23.8 Å². The van der Waals surface area contributed by atoms with Crippen molar-refractivity contribution in [1.29, 1.82) is 0 Å². The normalized spacial score (nSPS) is 30.6. The smallest absolute Gasteiger partial charge is 0.248 e. The Kier molecular flexibility index (Phi) is 4.25. The van der Waals surface area contributed by atoms with Crippen LogP contribution in [-0.4, -0.2) is 11.0 Å². The van der Waals surface area contributed by atoms with Gasteiger partial charge in [-0.2, -0.15) is 0 Å². The molecule has 110 valence electrons. The number of nitrogens with one attached hydrogen (secondary N) is 2. The van der Waals surface area contributed by atoms with Crippen LogP contribution < -0.4 is 10.9 Å². The molecule has 20 heavy (non-hydrogen) atoms. The third kappa shape index (κ3) is 3.14. The lowest BCUT2D eigenvalue weighted by Crippen LogP contribution is -2.35. The van der Waals surface area contributed by atoms with Crippen molar-refractivity contribution < 1.29 is 0 Å². The molecule has 1 heterocycles. The van der Waals surface area contributed by atoms with Crippen LogP contribution in [0.1, 0.15) is 69.2 Å². The molecule has 0 amide bonds. The van der Waals surface area contributed by atoms with Crippen molar-refractivity contribution in [2.75, 3.05) is 0 Å². The van der Waals surface area contributed by atoms with Gasteiger partial charge in [-0.15, -0.1) is 0 Å². The number of aromatic amines is 1. The Morgan fingerprint density at radius 3 is 2.90 bits per heavy atom. The molecule has 0 spiro atoms. The topological polar surface area (TPSA) is 44.9 Å². The summed E-state index contributed by atoms with van der Waals surface area (Å²) in [6, 6.07) is 4.80. The zero-order valence-electron chi connectivity index (χ0n) is 12.5. The van der Waals surface area contributed by atoms with Crippen LogP contribution in [0.5, 0.6) is 0 Å². The summed E-state index contributed by atoms with van der Waals surface area (Å²) < 4.78 is 0. The van der Waals surface area contributed by atoms with Crippen molar-refractivity contribution in [3.63, 3.8) is 0 Å². The van der Waals surface area contributed by atoms with E-state index in [9.17, 15) is 4.79 Å². The molecule has 1 aromatic rings. The maximum Gasteiger partial charge on any atom is 0.248 e. The first-order valence-corrected chi connectivity index (χ1v) is 8.20. The first-order chi connectivity index (χ1) is 9.72. The minimum absolute atomic E-state index is 0.0349. The Balaban J connectivity index is 1.71. The predicted octanol–water partition coefficient (Wildman–Crippen LogP) is 3.31. The van der Waals surface area contributed by atoms with Crippen LogP contribution in [0.2, 0.25) is 0 Å². The van der Waals surface area contributed by atoms with E-state index in [1.165, 1.54) is 50.5 Å². The van der Waals surface area contributed by atoms with E-state index in [1.54, 1.807) is 6.07 Å². The fourth-order valence-electron chi connectivity index (χ4n) is 3.81. The van der Waals surface area contributed by atoms with E-state index in [0.717, 1.165) is 18.0 Å². The molecular weight excluding hydrogens is 248 g/mol. The number of aryl methyl sites for hydroxylation is 1. The molecule has 0 aliphatic heterocycles. The zero-order chi connectivity index (χ0) is 13.9. The molecule has 3 heteroatoms. The molecule has 3 rings (SSSR count). The van der Waals surface area contributed by atoms with Gasteiger partial charge in [0.2, 0.25) is 5.56 Å². The third-order valence-electron chi connectivity index (χ3n) is 5.03. The summed E-state index contributed by atoms with van der Waals surface area (Å²) in [5, 5.41) is 3.87. The highest BCUT2D eigenvalue weighted by Gasteiger charge is 2.24. The fourth-order valence-corrected chi connectivity index (χ4v) is 3.81. The lowest BCUT2D eigenvalue weighted by atomic mass is 9.90. The fraction of sp³-hybridized carbons (Fsp3) is 0.706. The van der Waals surface area contributed by atoms with Crippen molar-refractivity contribution >= 4 is 0 Å². The van der Waals surface area contributed by atoms with Crippen LogP contribution in [0.15, 0.2) is 16.9 Å². The van der Waals surface area contributed by atoms with Gasteiger partial charge in [-0.3, -0.25) is 4.79 Å². The number of rotatable bonds is 2. The molecule has 2 aliphatic carbocycles. The molecule has 1 aromatic heterocycles. The minimum Gasteiger partial charge on any atom is -0.326 e. The minimum atomic E-state index is 0.0349. The third-order valence-corrected chi connectivity index (χ3v) is 5.03. The molecule has 2 N–H and O–H groups in total. The van der Waals surface area contributed by atoms with Gasteiger partial charge >= 0.3 is 0 Å². The number of H-pyrrole nitrogens is 1. The Labute approximate surface area is 121 Å². The molecule has 0 bridgehead atoms. The van der Waals surface area contributed by atoms with Crippen LogP contribution >= 0.6 is 0 Å². The van der Waals surface area contributed by atoms with Crippen LogP contribution in [0.4, 0.5) is 0 Å². The van der Waals surface area contributed by atoms with Gasteiger partial charge in [-0.05, 0) is 50.0 Å². The lowest BCUT2D eigenvalue weighted by molar-refractivity contribution is 0.362. The van der Waals surface area contributed by atoms with E-state index in [0.29, 0.717) is 12.1 Å². The quantitative estimate of drug-likeness (QED) is 0.813. The maximum absolute atomic E-state index is 11.4. The molecule has 2 aliphatic rings. The number of pyridine rings is 1. The van der Waals surface area contributed by atoms with Crippen LogP contribution in [-0.2, 0) is 6.42 Å². The van der Waals surface area contributed by atoms with Gasteiger partial charge in [0.15, 0.2) is 0 Å². The maximum atomic E-state index is 11.4. The average molecular weight is 274 g/mol. The molecule has 0 radical (unpaired) electrons. The Morgan fingerprint density at radius 2 is 2.00 bits per heavy atom. The molecule has 1 fully saturated rings. The van der Waals surface area contributed by atoms with Crippen LogP contribution in [0.3, 0.4) is 0 Å². The Morgan fingerprint density at radius 1 is 1.10 bits per heavy atom. The number of hydrogen-bond acceptors (Lipinski definition) is 2. The second kappa shape index (κ2) is 6.13. The summed E-state index contributed by atoms with van der Waals surface area (Å²) in [7, 11) is 0. The van der Waals surface area contributed by atoms with E-state index < -0.39 is 0 Å². The molecule has 1 saturated carbocycles. The van der Waals surface area contributed by atoms with Crippen molar-refractivity contribution in [2.45, 2.75) is 70.4 Å². The second-order valence-corrected chi connectivity index (χ2v) is 6.68. The summed E-state index contributed by atoms with van der Waals surface area (Å²) in [4.78, 5) is 14.5. The van der Waals surface area contributed by atoms with Gasteiger partial charge in [-0.25, -0.2) is 0 Å². The van der Waals surface area contributed by atoms with Gasteiger partial charge < -0.3 is 10.3 Å². The SMILES string of the molecule is CC1CCCC(NC2CCCc3[nH]c(=O)ccc32)CC1. The largest absolute Gasteiger partial charge is 0.326 e. The van der Waals surface area contributed by atoms with Crippen LogP contribution in [0, 0.1) is 5.92 Å². The molecule has 3 unspecified atom stereocenters. The highest BCUT2D eigenvalue weighted by molar-refractivity contribution is 5.26. The van der Waals surface area contributed by atoms with E-state index in [1.807, 2.05) is 6.07 Å². The van der Waals surface area contributed by atoms with E-state index >= 15 is 0 Å². The van der Waals surface area contributed by atoms with Gasteiger partial charge in [-0.1, -0.05) is 25.8 Å². The molecular formula is C17H26N2O. The first-order valence-electron chi connectivity index (χ1n) is 8.20. The van der Waals surface area contributed by atoms with Crippen molar-refractivity contribution in [2.24, 2.45) is 5.92 Å². The van der Waals surface area contributed by atoms with Gasteiger partial charge in [0.05, 0.1) is 0 Å². The standard InChI is InChI=1S/C17H26N2O/c1-12-4-2-5-13(9-8-12)18-15-6-3-7-16-14(15)10-11-17(20)19-16/h10-13,15,18H,2-9H2,1H3,(H,19,20). The summed E-state index contributed by atoms with van der Waals surface area (Å²) >= 11 is 0. The highest BCUT2D eigenvalue weighted by atomic mass is 16.1. The van der Waals surface area contributed by atoms with Crippen molar-refractivity contribution in [1.82, 2.24) is 10.3 Å². The number of aromatic nitrogens is 1. The number of hydrogen-bond donors (Lipinski definition) is 2. The summed E-state index contributed by atoms with van der Waals surface area (Å²) in [6.07, 6.45) is 10.1. The first kappa shape index (κ1) is 13.9.